The number of ether oxygens (including phenoxy) is 1. The summed E-state index contributed by atoms with van der Waals surface area (Å²) in [6.45, 7) is 8.58. The normalized spacial score (nSPS) is 12.5. The predicted octanol–water partition coefficient (Wildman–Crippen LogP) is 2.54. The van der Waals surface area contributed by atoms with Crippen molar-refractivity contribution in [3.05, 3.63) is 23.7 Å². The first-order valence-electron chi connectivity index (χ1n) is 7.03. The van der Waals surface area contributed by atoms with Crippen molar-refractivity contribution < 1.29 is 13.9 Å². The Bertz CT molecular complexity index is 497. The summed E-state index contributed by atoms with van der Waals surface area (Å²) in [6, 6.07) is 5.30. The van der Waals surface area contributed by atoms with E-state index >= 15 is 0 Å². The van der Waals surface area contributed by atoms with Crippen LogP contribution in [0.2, 0.25) is 0 Å². The molecule has 1 unspecified atom stereocenters. The number of rotatable bonds is 6. The van der Waals surface area contributed by atoms with Gasteiger partial charge in [-0.15, -0.1) is 0 Å². The van der Waals surface area contributed by atoms with Crippen molar-refractivity contribution in [3.63, 3.8) is 0 Å². The van der Waals surface area contributed by atoms with Crippen LogP contribution in [0.25, 0.3) is 0 Å². The third kappa shape index (κ3) is 6.82. The van der Waals surface area contributed by atoms with Gasteiger partial charge in [0.15, 0.2) is 0 Å². The Hall–Kier alpha value is -2.00. The van der Waals surface area contributed by atoms with E-state index in [4.69, 9.17) is 14.4 Å². The zero-order chi connectivity index (χ0) is 15.9. The SMILES string of the molecule is CCC(CNCc1ccc(C#N)o1)NC(=O)OC(C)(C)C. The first-order chi connectivity index (χ1) is 9.84. The van der Waals surface area contributed by atoms with Crippen LogP contribution in [0, 0.1) is 11.3 Å². The summed E-state index contributed by atoms with van der Waals surface area (Å²) in [5.41, 5.74) is -0.502. The highest BCUT2D eigenvalue weighted by atomic mass is 16.6. The number of nitrogens with one attached hydrogen (secondary N) is 2. The third-order valence-electron chi connectivity index (χ3n) is 2.68. The number of furan rings is 1. The number of nitrogens with zero attached hydrogens (tertiary/aromatic N) is 1. The molecule has 0 aromatic carbocycles. The summed E-state index contributed by atoms with van der Waals surface area (Å²) in [6.07, 6.45) is 0.370. The van der Waals surface area contributed by atoms with Crippen LogP contribution in [0.15, 0.2) is 16.5 Å². The van der Waals surface area contributed by atoms with Crippen molar-refractivity contribution in [2.45, 2.75) is 52.3 Å². The van der Waals surface area contributed by atoms with Crippen LogP contribution in [-0.2, 0) is 11.3 Å². The van der Waals surface area contributed by atoms with Gasteiger partial charge in [-0.1, -0.05) is 6.92 Å². The molecule has 0 saturated carbocycles. The van der Waals surface area contributed by atoms with Crippen LogP contribution >= 0.6 is 0 Å². The Morgan fingerprint density at radius 1 is 1.48 bits per heavy atom. The van der Waals surface area contributed by atoms with E-state index in [1.54, 1.807) is 12.1 Å². The highest BCUT2D eigenvalue weighted by Crippen LogP contribution is 2.08. The van der Waals surface area contributed by atoms with Crippen molar-refractivity contribution in [1.82, 2.24) is 10.6 Å². The van der Waals surface area contributed by atoms with E-state index in [0.717, 1.165) is 6.42 Å². The van der Waals surface area contributed by atoms with Gasteiger partial charge in [0.2, 0.25) is 5.76 Å². The maximum atomic E-state index is 11.7. The van der Waals surface area contributed by atoms with Gasteiger partial charge < -0.3 is 19.8 Å². The van der Waals surface area contributed by atoms with Crippen LogP contribution in [0.5, 0.6) is 0 Å². The van der Waals surface area contributed by atoms with Crippen molar-refractivity contribution in [3.8, 4) is 6.07 Å². The highest BCUT2D eigenvalue weighted by Gasteiger charge is 2.18. The van der Waals surface area contributed by atoms with E-state index in [-0.39, 0.29) is 6.04 Å². The maximum absolute atomic E-state index is 11.7. The second-order valence-electron chi connectivity index (χ2n) is 5.76. The van der Waals surface area contributed by atoms with E-state index in [9.17, 15) is 4.79 Å². The Labute approximate surface area is 125 Å². The smallest absolute Gasteiger partial charge is 0.407 e. The molecule has 0 aliphatic rings. The first kappa shape index (κ1) is 17.1. The monoisotopic (exact) mass is 293 g/mol. The summed E-state index contributed by atoms with van der Waals surface area (Å²) < 4.78 is 10.5. The molecule has 116 valence electrons. The largest absolute Gasteiger partial charge is 0.449 e. The second kappa shape index (κ2) is 7.70. The summed E-state index contributed by atoms with van der Waals surface area (Å²) >= 11 is 0. The standard InChI is InChI=1S/C15H23N3O3/c1-5-11(18-14(19)21-15(2,3)4)9-17-10-13-7-6-12(8-16)20-13/h6-7,11,17H,5,9-10H2,1-4H3,(H,18,19). The van der Waals surface area contributed by atoms with E-state index in [0.29, 0.717) is 24.6 Å². The highest BCUT2D eigenvalue weighted by molar-refractivity contribution is 5.68. The molecule has 6 heteroatoms. The molecule has 0 bridgehead atoms. The molecule has 0 saturated heterocycles. The van der Waals surface area contributed by atoms with Crippen LogP contribution in [0.4, 0.5) is 4.79 Å². The van der Waals surface area contributed by atoms with Gasteiger partial charge in [-0.05, 0) is 39.3 Å². The van der Waals surface area contributed by atoms with Gasteiger partial charge in [0, 0.05) is 12.6 Å². The summed E-state index contributed by atoms with van der Waals surface area (Å²) in [7, 11) is 0. The fourth-order valence-corrected chi connectivity index (χ4v) is 1.67. The molecular weight excluding hydrogens is 270 g/mol. The average Bonchev–Trinajstić information content (AvgIpc) is 2.83. The molecule has 0 spiro atoms. The van der Waals surface area contributed by atoms with E-state index in [2.05, 4.69) is 10.6 Å². The lowest BCUT2D eigenvalue weighted by molar-refractivity contribution is 0.0502. The van der Waals surface area contributed by atoms with Gasteiger partial charge in [0.05, 0.1) is 6.54 Å². The molecule has 0 fully saturated rings. The molecule has 1 aromatic rings. The Balaban J connectivity index is 2.34. The molecule has 0 radical (unpaired) electrons. The second-order valence-corrected chi connectivity index (χ2v) is 5.76. The van der Waals surface area contributed by atoms with Gasteiger partial charge in [-0.25, -0.2) is 4.79 Å². The molecule has 1 amide bonds. The van der Waals surface area contributed by atoms with Crippen LogP contribution < -0.4 is 10.6 Å². The Kier molecular flexibility index (Phi) is 6.25. The predicted molar refractivity (Wildman–Crippen MR) is 78.6 cm³/mol. The van der Waals surface area contributed by atoms with E-state index in [1.165, 1.54) is 0 Å². The minimum Gasteiger partial charge on any atom is -0.449 e. The van der Waals surface area contributed by atoms with Gasteiger partial charge in [-0.3, -0.25) is 0 Å². The number of hydrogen-bond acceptors (Lipinski definition) is 5. The molecule has 1 aromatic heterocycles. The van der Waals surface area contributed by atoms with Crippen molar-refractivity contribution in [1.29, 1.82) is 5.26 Å². The number of carbonyl (C=O) groups excluding carboxylic acids is 1. The molecule has 6 nitrogen and oxygen atoms in total. The van der Waals surface area contributed by atoms with Crippen molar-refractivity contribution >= 4 is 6.09 Å². The molecular formula is C15H23N3O3. The number of carbonyl (C=O) groups is 1. The minimum absolute atomic E-state index is 0.0229. The lowest BCUT2D eigenvalue weighted by Crippen LogP contribution is -2.43. The Morgan fingerprint density at radius 2 is 2.19 bits per heavy atom. The lowest BCUT2D eigenvalue weighted by Gasteiger charge is -2.23. The third-order valence-corrected chi connectivity index (χ3v) is 2.68. The van der Waals surface area contributed by atoms with Crippen LogP contribution in [-0.4, -0.2) is 24.3 Å². The minimum atomic E-state index is -0.502. The topological polar surface area (TPSA) is 87.3 Å². The Morgan fingerprint density at radius 3 is 2.71 bits per heavy atom. The van der Waals surface area contributed by atoms with E-state index in [1.807, 2.05) is 33.8 Å². The van der Waals surface area contributed by atoms with Gasteiger partial charge in [0.1, 0.15) is 17.4 Å². The average molecular weight is 293 g/mol. The van der Waals surface area contributed by atoms with Gasteiger partial charge in [0.25, 0.3) is 0 Å². The number of amides is 1. The molecule has 21 heavy (non-hydrogen) atoms. The summed E-state index contributed by atoms with van der Waals surface area (Å²) in [4.78, 5) is 11.7. The maximum Gasteiger partial charge on any atom is 0.407 e. The molecule has 1 heterocycles. The fraction of sp³-hybridized carbons (Fsp3) is 0.600. The molecule has 2 N–H and O–H groups in total. The first-order valence-corrected chi connectivity index (χ1v) is 7.03. The number of nitriles is 1. The quantitative estimate of drug-likeness (QED) is 0.841. The number of alkyl carbamates (subject to hydrolysis) is 1. The zero-order valence-electron chi connectivity index (χ0n) is 13.0. The lowest BCUT2D eigenvalue weighted by atomic mass is 10.2. The zero-order valence-corrected chi connectivity index (χ0v) is 13.0. The van der Waals surface area contributed by atoms with Gasteiger partial charge in [-0.2, -0.15) is 5.26 Å². The van der Waals surface area contributed by atoms with Crippen molar-refractivity contribution in [2.75, 3.05) is 6.54 Å². The number of hydrogen-bond donors (Lipinski definition) is 2. The van der Waals surface area contributed by atoms with Crippen molar-refractivity contribution in [2.24, 2.45) is 0 Å². The molecule has 0 aliphatic carbocycles. The van der Waals surface area contributed by atoms with Crippen LogP contribution in [0.1, 0.15) is 45.6 Å². The summed E-state index contributed by atoms with van der Waals surface area (Å²) in [5.74, 6) is 0.990. The fourth-order valence-electron chi connectivity index (χ4n) is 1.67. The van der Waals surface area contributed by atoms with E-state index < -0.39 is 11.7 Å². The summed E-state index contributed by atoms with van der Waals surface area (Å²) in [5, 5.41) is 14.7. The molecule has 1 rings (SSSR count). The molecule has 1 atom stereocenters. The molecule has 0 aliphatic heterocycles. The van der Waals surface area contributed by atoms with Crippen LogP contribution in [0.3, 0.4) is 0 Å². The van der Waals surface area contributed by atoms with Gasteiger partial charge >= 0.3 is 6.09 Å².